The van der Waals surface area contributed by atoms with Crippen molar-refractivity contribution in [2.75, 3.05) is 5.32 Å². The van der Waals surface area contributed by atoms with Gasteiger partial charge in [-0.25, -0.2) is 9.18 Å². The maximum atomic E-state index is 13.0. The van der Waals surface area contributed by atoms with E-state index in [-0.39, 0.29) is 0 Å². The first kappa shape index (κ1) is 13.0. The fraction of sp³-hybridized carbons (Fsp3) is 0.0833. The number of aliphatic carboxylic acids is 1. The molecule has 0 bridgehead atoms. The standard InChI is InChI=1S/C12H9BrFNO2S/c13-9-4-5-18-11(9)10(12(16)17)15-8-3-1-2-7(14)6-8/h1-6,10,15H,(H,16,17). The number of hydrogen-bond donors (Lipinski definition) is 2. The van der Waals surface area contributed by atoms with Crippen LogP contribution < -0.4 is 5.32 Å². The molecule has 6 heteroatoms. The molecule has 1 unspecified atom stereocenters. The van der Waals surface area contributed by atoms with Crippen molar-refractivity contribution in [2.45, 2.75) is 6.04 Å². The van der Waals surface area contributed by atoms with Gasteiger partial charge in [-0.05, 0) is 45.6 Å². The minimum Gasteiger partial charge on any atom is -0.479 e. The molecule has 0 saturated carbocycles. The van der Waals surface area contributed by atoms with E-state index in [0.717, 1.165) is 4.47 Å². The molecule has 0 aliphatic rings. The minimum atomic E-state index is -1.01. The van der Waals surface area contributed by atoms with E-state index >= 15 is 0 Å². The highest BCUT2D eigenvalue weighted by Gasteiger charge is 2.23. The number of carboxylic acids is 1. The lowest BCUT2D eigenvalue weighted by atomic mass is 10.2. The first-order valence-corrected chi connectivity index (χ1v) is 6.73. The topological polar surface area (TPSA) is 49.3 Å². The molecular weight excluding hydrogens is 321 g/mol. The van der Waals surface area contributed by atoms with E-state index in [1.807, 2.05) is 0 Å². The Morgan fingerprint density at radius 2 is 2.22 bits per heavy atom. The van der Waals surface area contributed by atoms with Gasteiger partial charge in [0.25, 0.3) is 0 Å². The average Bonchev–Trinajstić information content (AvgIpc) is 2.72. The second-order valence-electron chi connectivity index (χ2n) is 3.56. The Morgan fingerprint density at radius 1 is 1.44 bits per heavy atom. The van der Waals surface area contributed by atoms with E-state index in [4.69, 9.17) is 0 Å². The summed E-state index contributed by atoms with van der Waals surface area (Å²) in [5, 5.41) is 13.8. The normalized spacial score (nSPS) is 12.1. The number of rotatable bonds is 4. The number of thiophene rings is 1. The summed E-state index contributed by atoms with van der Waals surface area (Å²) in [7, 11) is 0. The van der Waals surface area contributed by atoms with Crippen LogP contribution in [0.5, 0.6) is 0 Å². The quantitative estimate of drug-likeness (QED) is 0.894. The van der Waals surface area contributed by atoms with Crippen molar-refractivity contribution in [3.05, 3.63) is 50.9 Å². The summed E-state index contributed by atoms with van der Waals surface area (Å²) in [6.45, 7) is 0. The number of carbonyl (C=O) groups is 1. The van der Waals surface area contributed by atoms with Crippen LogP contribution in [-0.4, -0.2) is 11.1 Å². The van der Waals surface area contributed by atoms with Crippen molar-refractivity contribution in [1.29, 1.82) is 0 Å². The smallest absolute Gasteiger partial charge is 0.331 e. The van der Waals surface area contributed by atoms with Gasteiger partial charge in [0.05, 0.1) is 4.88 Å². The van der Waals surface area contributed by atoms with Gasteiger partial charge in [0, 0.05) is 10.2 Å². The zero-order valence-electron chi connectivity index (χ0n) is 9.06. The minimum absolute atomic E-state index is 0.408. The van der Waals surface area contributed by atoms with Gasteiger partial charge in [0.2, 0.25) is 0 Å². The molecule has 2 aromatic rings. The monoisotopic (exact) mass is 329 g/mol. The van der Waals surface area contributed by atoms with Crippen LogP contribution in [0.2, 0.25) is 0 Å². The molecule has 0 aliphatic carbocycles. The first-order chi connectivity index (χ1) is 8.58. The van der Waals surface area contributed by atoms with E-state index in [0.29, 0.717) is 10.6 Å². The van der Waals surface area contributed by atoms with Crippen molar-refractivity contribution in [3.63, 3.8) is 0 Å². The molecule has 3 nitrogen and oxygen atoms in total. The van der Waals surface area contributed by atoms with Gasteiger partial charge in [-0.2, -0.15) is 0 Å². The Labute approximate surface area is 115 Å². The first-order valence-electron chi connectivity index (χ1n) is 5.05. The molecule has 0 aliphatic heterocycles. The summed E-state index contributed by atoms with van der Waals surface area (Å²) in [6.07, 6.45) is 0. The van der Waals surface area contributed by atoms with Gasteiger partial charge in [-0.15, -0.1) is 11.3 Å². The van der Waals surface area contributed by atoms with Crippen LogP contribution in [0.3, 0.4) is 0 Å². The number of carboxylic acid groups (broad SMARTS) is 1. The number of halogens is 2. The molecule has 2 rings (SSSR count). The SMILES string of the molecule is O=C(O)C(Nc1cccc(F)c1)c1sccc1Br. The van der Waals surface area contributed by atoms with E-state index in [9.17, 15) is 14.3 Å². The average molecular weight is 330 g/mol. The molecule has 0 fully saturated rings. The van der Waals surface area contributed by atoms with Crippen LogP contribution in [0.15, 0.2) is 40.2 Å². The Bertz CT molecular complexity index is 573. The fourth-order valence-corrected chi connectivity index (χ4v) is 3.14. The van der Waals surface area contributed by atoms with Crippen LogP contribution >= 0.6 is 27.3 Å². The van der Waals surface area contributed by atoms with Gasteiger partial charge in [-0.1, -0.05) is 6.07 Å². The van der Waals surface area contributed by atoms with Gasteiger partial charge in [0.1, 0.15) is 5.82 Å². The molecule has 0 amide bonds. The van der Waals surface area contributed by atoms with Gasteiger partial charge < -0.3 is 10.4 Å². The highest BCUT2D eigenvalue weighted by atomic mass is 79.9. The van der Waals surface area contributed by atoms with Crippen LogP contribution in [0.1, 0.15) is 10.9 Å². The van der Waals surface area contributed by atoms with Crippen LogP contribution in [0.25, 0.3) is 0 Å². The van der Waals surface area contributed by atoms with Crippen molar-refractivity contribution < 1.29 is 14.3 Å². The molecule has 1 heterocycles. The summed E-state index contributed by atoms with van der Waals surface area (Å²) < 4.78 is 13.8. The summed E-state index contributed by atoms with van der Waals surface area (Å²) in [5.41, 5.74) is 0.433. The Kier molecular flexibility index (Phi) is 3.98. The molecule has 18 heavy (non-hydrogen) atoms. The lowest BCUT2D eigenvalue weighted by Gasteiger charge is -2.15. The molecule has 0 radical (unpaired) electrons. The highest BCUT2D eigenvalue weighted by Crippen LogP contribution is 2.31. The summed E-state index contributed by atoms with van der Waals surface area (Å²) in [4.78, 5) is 11.9. The predicted octanol–water partition coefficient (Wildman–Crippen LogP) is 3.89. The Hall–Kier alpha value is -1.40. The number of benzene rings is 1. The molecule has 2 N–H and O–H groups in total. The lowest BCUT2D eigenvalue weighted by Crippen LogP contribution is -2.19. The van der Waals surface area contributed by atoms with Crippen molar-refractivity contribution >= 4 is 38.9 Å². The second-order valence-corrected chi connectivity index (χ2v) is 5.36. The molecule has 0 spiro atoms. The molecule has 1 aromatic heterocycles. The summed E-state index contributed by atoms with van der Waals surface area (Å²) in [5.74, 6) is -1.42. The van der Waals surface area contributed by atoms with Crippen molar-refractivity contribution in [1.82, 2.24) is 0 Å². The molecule has 1 aromatic carbocycles. The Balaban J connectivity index is 2.28. The maximum absolute atomic E-state index is 13.0. The van der Waals surface area contributed by atoms with Gasteiger partial charge >= 0.3 is 5.97 Å². The molecule has 94 valence electrons. The fourth-order valence-electron chi connectivity index (χ4n) is 1.50. The third-order valence-corrected chi connectivity index (χ3v) is 4.23. The zero-order valence-corrected chi connectivity index (χ0v) is 11.5. The third-order valence-electron chi connectivity index (χ3n) is 2.29. The second kappa shape index (κ2) is 5.49. The third kappa shape index (κ3) is 2.88. The highest BCUT2D eigenvalue weighted by molar-refractivity contribution is 9.10. The van der Waals surface area contributed by atoms with Crippen LogP contribution in [-0.2, 0) is 4.79 Å². The number of nitrogens with one attached hydrogen (secondary N) is 1. The van der Waals surface area contributed by atoms with Crippen LogP contribution in [0.4, 0.5) is 10.1 Å². The number of anilines is 1. The van der Waals surface area contributed by atoms with E-state index in [2.05, 4.69) is 21.2 Å². The number of hydrogen-bond acceptors (Lipinski definition) is 3. The molecular formula is C12H9BrFNO2S. The zero-order chi connectivity index (χ0) is 13.1. The molecule has 0 saturated heterocycles. The summed E-state index contributed by atoms with van der Waals surface area (Å²) in [6, 6.07) is 6.60. The maximum Gasteiger partial charge on any atom is 0.331 e. The van der Waals surface area contributed by atoms with E-state index in [1.54, 1.807) is 17.5 Å². The summed E-state index contributed by atoms with van der Waals surface area (Å²) >= 11 is 4.62. The predicted molar refractivity (Wildman–Crippen MR) is 72.4 cm³/mol. The Morgan fingerprint density at radius 3 is 2.78 bits per heavy atom. The largest absolute Gasteiger partial charge is 0.479 e. The van der Waals surface area contributed by atoms with Gasteiger partial charge in [-0.3, -0.25) is 0 Å². The van der Waals surface area contributed by atoms with E-state index in [1.165, 1.54) is 29.5 Å². The van der Waals surface area contributed by atoms with Crippen molar-refractivity contribution in [3.8, 4) is 0 Å². The van der Waals surface area contributed by atoms with Gasteiger partial charge in [0.15, 0.2) is 6.04 Å². The van der Waals surface area contributed by atoms with Crippen LogP contribution in [0, 0.1) is 5.82 Å². The van der Waals surface area contributed by atoms with E-state index < -0.39 is 17.8 Å². The van der Waals surface area contributed by atoms with Crippen molar-refractivity contribution in [2.24, 2.45) is 0 Å². The molecule has 1 atom stereocenters. The lowest BCUT2D eigenvalue weighted by molar-refractivity contribution is -0.138.